The molecule has 0 N–H and O–H groups in total. The van der Waals surface area contributed by atoms with Crippen LogP contribution in [-0.4, -0.2) is 9.55 Å². The van der Waals surface area contributed by atoms with E-state index in [-0.39, 0.29) is 5.56 Å². The van der Waals surface area contributed by atoms with Gasteiger partial charge in [-0.3, -0.25) is 9.36 Å². The van der Waals surface area contributed by atoms with E-state index in [1.54, 1.807) is 15.9 Å². The summed E-state index contributed by atoms with van der Waals surface area (Å²) in [6, 6.07) is 21.2. The molecule has 4 rings (SSSR count). The summed E-state index contributed by atoms with van der Waals surface area (Å²) in [4.78, 5) is 20.2. The van der Waals surface area contributed by atoms with Crippen LogP contribution in [0.3, 0.4) is 0 Å². The fourth-order valence-electron chi connectivity index (χ4n) is 2.79. The number of benzene rings is 2. The summed E-state index contributed by atoms with van der Waals surface area (Å²) in [5.41, 5.74) is 1.47. The van der Waals surface area contributed by atoms with Crippen LogP contribution >= 0.6 is 11.3 Å². The van der Waals surface area contributed by atoms with E-state index in [9.17, 15) is 4.79 Å². The Balaban J connectivity index is 1.95. The lowest BCUT2D eigenvalue weighted by molar-refractivity contribution is 0.944. The summed E-state index contributed by atoms with van der Waals surface area (Å²) in [5, 5.41) is 0.621. The molecule has 2 heterocycles. The number of thiophene rings is 1. The van der Waals surface area contributed by atoms with Crippen LogP contribution in [-0.2, 0) is 0 Å². The lowest BCUT2D eigenvalue weighted by Gasteiger charge is -2.11. The van der Waals surface area contributed by atoms with Gasteiger partial charge in [-0.1, -0.05) is 30.3 Å². The zero-order chi connectivity index (χ0) is 17.2. The Kier molecular flexibility index (Phi) is 4.04. The first-order valence-corrected chi connectivity index (χ1v) is 8.86. The number of aromatic nitrogens is 2. The number of hydrogen-bond donors (Lipinski definition) is 0. The van der Waals surface area contributed by atoms with Gasteiger partial charge in [0, 0.05) is 9.75 Å². The summed E-state index contributed by atoms with van der Waals surface area (Å²) < 4.78 is 1.67. The zero-order valence-corrected chi connectivity index (χ0v) is 14.5. The molecule has 0 saturated heterocycles. The van der Waals surface area contributed by atoms with Gasteiger partial charge in [-0.25, -0.2) is 4.98 Å². The van der Waals surface area contributed by atoms with E-state index in [1.165, 1.54) is 4.88 Å². The third-order valence-electron chi connectivity index (χ3n) is 3.97. The molecule has 122 valence electrons. The lowest BCUT2D eigenvalue weighted by atomic mass is 10.2. The molecule has 0 radical (unpaired) electrons. The smallest absolute Gasteiger partial charge is 0.266 e. The van der Waals surface area contributed by atoms with Crippen molar-refractivity contribution in [2.24, 2.45) is 0 Å². The Hall–Kier alpha value is -2.98. The first-order valence-electron chi connectivity index (χ1n) is 8.04. The number of para-hydroxylation sites is 2. The Morgan fingerprint density at radius 2 is 1.68 bits per heavy atom. The van der Waals surface area contributed by atoms with Gasteiger partial charge in [-0.2, -0.15) is 0 Å². The van der Waals surface area contributed by atoms with Crippen molar-refractivity contribution >= 4 is 34.4 Å². The Bertz CT molecular complexity index is 1120. The molecule has 0 aliphatic carbocycles. The molecule has 0 fully saturated rings. The highest BCUT2D eigenvalue weighted by molar-refractivity contribution is 7.12. The molecule has 0 aliphatic rings. The largest absolute Gasteiger partial charge is 0.268 e. The minimum atomic E-state index is -0.0567. The standard InChI is InChI=1S/C21H16N2OS/c1-15-11-12-17(25-15)13-14-20-22-19-10-6-5-9-18(19)21(24)23(20)16-7-3-2-4-8-16/h2-14H,1H3/b14-13+. The van der Waals surface area contributed by atoms with Crippen molar-refractivity contribution in [2.45, 2.75) is 6.92 Å². The maximum Gasteiger partial charge on any atom is 0.266 e. The van der Waals surface area contributed by atoms with Crippen molar-refractivity contribution in [3.8, 4) is 5.69 Å². The van der Waals surface area contributed by atoms with Gasteiger partial charge in [0.05, 0.1) is 16.6 Å². The van der Waals surface area contributed by atoms with E-state index in [0.717, 1.165) is 10.6 Å². The van der Waals surface area contributed by atoms with Crippen LogP contribution in [0.1, 0.15) is 15.6 Å². The Labute approximate surface area is 149 Å². The second-order valence-corrected chi connectivity index (χ2v) is 7.06. The fourth-order valence-corrected chi connectivity index (χ4v) is 3.57. The molecule has 25 heavy (non-hydrogen) atoms. The predicted octanol–water partition coefficient (Wildman–Crippen LogP) is 4.93. The van der Waals surface area contributed by atoms with Crippen molar-refractivity contribution in [3.63, 3.8) is 0 Å². The number of fused-ring (bicyclic) bond motifs is 1. The van der Waals surface area contributed by atoms with Gasteiger partial charge < -0.3 is 0 Å². The summed E-state index contributed by atoms with van der Waals surface area (Å²) in [6.07, 6.45) is 3.92. The van der Waals surface area contributed by atoms with Gasteiger partial charge in [0.15, 0.2) is 0 Å². The number of hydrogen-bond acceptors (Lipinski definition) is 3. The molecule has 3 nitrogen and oxygen atoms in total. The van der Waals surface area contributed by atoms with E-state index < -0.39 is 0 Å². The Morgan fingerprint density at radius 3 is 2.44 bits per heavy atom. The van der Waals surface area contributed by atoms with E-state index in [1.807, 2.05) is 66.7 Å². The minimum Gasteiger partial charge on any atom is -0.268 e. The van der Waals surface area contributed by atoms with Gasteiger partial charge in [-0.15, -0.1) is 11.3 Å². The number of rotatable bonds is 3. The van der Waals surface area contributed by atoms with Gasteiger partial charge in [0.1, 0.15) is 5.82 Å². The average Bonchev–Trinajstić information content (AvgIpc) is 3.06. The second kappa shape index (κ2) is 6.49. The van der Waals surface area contributed by atoms with Crippen LogP contribution < -0.4 is 5.56 Å². The summed E-state index contributed by atoms with van der Waals surface area (Å²) >= 11 is 1.71. The molecule has 2 aromatic heterocycles. The van der Waals surface area contributed by atoms with Crippen LogP contribution in [0.4, 0.5) is 0 Å². The SMILES string of the molecule is Cc1ccc(/C=C/c2nc3ccccc3c(=O)n2-c2ccccc2)s1. The average molecular weight is 344 g/mol. The van der Waals surface area contributed by atoms with E-state index in [2.05, 4.69) is 19.1 Å². The molecule has 0 saturated carbocycles. The van der Waals surface area contributed by atoms with Crippen LogP contribution in [0, 0.1) is 6.92 Å². The summed E-state index contributed by atoms with van der Waals surface area (Å²) in [7, 11) is 0. The fraction of sp³-hybridized carbons (Fsp3) is 0.0476. The number of aryl methyl sites for hydroxylation is 1. The topological polar surface area (TPSA) is 34.9 Å². The van der Waals surface area contributed by atoms with Crippen molar-refractivity contribution in [3.05, 3.63) is 92.7 Å². The first kappa shape index (κ1) is 15.5. The van der Waals surface area contributed by atoms with E-state index in [0.29, 0.717) is 16.7 Å². The van der Waals surface area contributed by atoms with Gasteiger partial charge in [0.25, 0.3) is 5.56 Å². The molecular formula is C21H16N2OS. The molecule has 0 aliphatic heterocycles. The van der Waals surface area contributed by atoms with Gasteiger partial charge in [-0.05, 0) is 55.5 Å². The zero-order valence-electron chi connectivity index (χ0n) is 13.7. The molecule has 0 atom stereocenters. The van der Waals surface area contributed by atoms with Crippen LogP contribution in [0.25, 0.3) is 28.7 Å². The quantitative estimate of drug-likeness (QED) is 0.528. The molecule has 0 bridgehead atoms. The minimum absolute atomic E-state index is 0.0567. The highest BCUT2D eigenvalue weighted by Gasteiger charge is 2.10. The maximum atomic E-state index is 13.1. The third kappa shape index (κ3) is 3.04. The second-order valence-electron chi connectivity index (χ2n) is 5.75. The van der Waals surface area contributed by atoms with Crippen LogP contribution in [0.15, 0.2) is 71.5 Å². The van der Waals surface area contributed by atoms with Gasteiger partial charge >= 0.3 is 0 Å². The van der Waals surface area contributed by atoms with Crippen molar-refractivity contribution < 1.29 is 0 Å². The molecular weight excluding hydrogens is 328 g/mol. The Morgan fingerprint density at radius 1 is 0.920 bits per heavy atom. The first-order chi connectivity index (χ1) is 12.2. The molecule has 0 spiro atoms. The third-order valence-corrected chi connectivity index (χ3v) is 4.94. The molecule has 4 heteroatoms. The van der Waals surface area contributed by atoms with Crippen molar-refractivity contribution in [1.29, 1.82) is 0 Å². The van der Waals surface area contributed by atoms with Crippen molar-refractivity contribution in [2.75, 3.05) is 0 Å². The highest BCUT2D eigenvalue weighted by atomic mass is 32.1. The van der Waals surface area contributed by atoms with Gasteiger partial charge in [0.2, 0.25) is 0 Å². The molecule has 4 aromatic rings. The summed E-state index contributed by atoms with van der Waals surface area (Å²) in [6.45, 7) is 2.08. The summed E-state index contributed by atoms with van der Waals surface area (Å²) in [5.74, 6) is 0.626. The maximum absolute atomic E-state index is 13.1. The molecule has 2 aromatic carbocycles. The predicted molar refractivity (Wildman–Crippen MR) is 105 cm³/mol. The van der Waals surface area contributed by atoms with E-state index in [4.69, 9.17) is 4.98 Å². The van der Waals surface area contributed by atoms with Crippen molar-refractivity contribution in [1.82, 2.24) is 9.55 Å². The highest BCUT2D eigenvalue weighted by Crippen LogP contribution is 2.19. The monoisotopic (exact) mass is 344 g/mol. The van der Waals surface area contributed by atoms with E-state index >= 15 is 0 Å². The molecule has 0 amide bonds. The van der Waals surface area contributed by atoms with Crippen LogP contribution in [0.5, 0.6) is 0 Å². The lowest BCUT2D eigenvalue weighted by Crippen LogP contribution is -2.22. The normalized spacial score (nSPS) is 11.4. The van der Waals surface area contributed by atoms with Crippen LogP contribution in [0.2, 0.25) is 0 Å². The molecule has 0 unspecified atom stereocenters. The number of nitrogens with zero attached hydrogens (tertiary/aromatic N) is 2.